The molecule has 4 heteroatoms. The van der Waals surface area contributed by atoms with Crippen LogP contribution < -0.4 is 5.73 Å². The van der Waals surface area contributed by atoms with E-state index in [1.807, 2.05) is 6.92 Å². The van der Waals surface area contributed by atoms with Crippen LogP contribution in [0.25, 0.3) is 0 Å². The summed E-state index contributed by atoms with van der Waals surface area (Å²) in [6.45, 7) is 1.95. The Kier molecular flexibility index (Phi) is 5.37. The van der Waals surface area contributed by atoms with Gasteiger partial charge >= 0.3 is 5.97 Å². The van der Waals surface area contributed by atoms with Gasteiger partial charge in [-0.05, 0) is 6.42 Å². The molecule has 0 fully saturated rings. The molecule has 0 amide bonds. The number of ether oxygens (including phenoxy) is 1. The summed E-state index contributed by atoms with van der Waals surface area (Å²) in [6.07, 6.45) is 1.19. The number of rotatable bonds is 5. The molecule has 0 bridgehead atoms. The fourth-order valence-electron chi connectivity index (χ4n) is 0.664. The molecule has 0 aromatic rings. The maximum absolute atomic E-state index is 10.9. The van der Waals surface area contributed by atoms with Gasteiger partial charge < -0.3 is 10.5 Å². The van der Waals surface area contributed by atoms with Crippen molar-refractivity contribution in [2.45, 2.75) is 13.3 Å². The van der Waals surface area contributed by atoms with E-state index >= 15 is 0 Å². The van der Waals surface area contributed by atoms with Crippen LogP contribution in [0.15, 0.2) is 0 Å². The third-order valence-corrected chi connectivity index (χ3v) is 1.40. The standard InChI is InChI=1S/C7H13NO3/c1-2-6(5-8)7(10)11-4-3-9/h3,6H,2,4-5,8H2,1H3. The van der Waals surface area contributed by atoms with Crippen LogP contribution in [0.2, 0.25) is 0 Å². The lowest BCUT2D eigenvalue weighted by Crippen LogP contribution is -2.25. The van der Waals surface area contributed by atoms with Crippen molar-refractivity contribution in [1.29, 1.82) is 0 Å². The number of aldehydes is 1. The van der Waals surface area contributed by atoms with E-state index in [0.29, 0.717) is 12.7 Å². The zero-order chi connectivity index (χ0) is 8.69. The van der Waals surface area contributed by atoms with Crippen molar-refractivity contribution in [3.8, 4) is 0 Å². The highest BCUT2D eigenvalue weighted by atomic mass is 16.5. The molecule has 0 heterocycles. The highest BCUT2D eigenvalue weighted by Gasteiger charge is 2.14. The molecule has 0 saturated heterocycles. The van der Waals surface area contributed by atoms with Crippen molar-refractivity contribution in [2.24, 2.45) is 11.7 Å². The van der Waals surface area contributed by atoms with Crippen LogP contribution in [0.5, 0.6) is 0 Å². The van der Waals surface area contributed by atoms with Crippen molar-refractivity contribution < 1.29 is 14.3 Å². The molecule has 0 spiro atoms. The first kappa shape index (κ1) is 10.1. The molecule has 0 aliphatic heterocycles. The first-order chi connectivity index (χ1) is 5.26. The number of hydrogen-bond acceptors (Lipinski definition) is 4. The average molecular weight is 159 g/mol. The number of hydrogen-bond donors (Lipinski definition) is 1. The monoisotopic (exact) mass is 159 g/mol. The van der Waals surface area contributed by atoms with Gasteiger partial charge in [0.05, 0.1) is 5.92 Å². The van der Waals surface area contributed by atoms with E-state index in [-0.39, 0.29) is 25.0 Å². The van der Waals surface area contributed by atoms with E-state index in [9.17, 15) is 9.59 Å². The Labute approximate surface area is 65.7 Å². The van der Waals surface area contributed by atoms with Crippen LogP contribution in [0.4, 0.5) is 0 Å². The lowest BCUT2D eigenvalue weighted by molar-refractivity contribution is -0.149. The summed E-state index contributed by atoms with van der Waals surface area (Å²) in [4.78, 5) is 20.7. The SMILES string of the molecule is CCC(CN)C(=O)OCC=O. The van der Waals surface area contributed by atoms with Gasteiger partial charge in [0, 0.05) is 6.54 Å². The van der Waals surface area contributed by atoms with Gasteiger partial charge in [0.2, 0.25) is 0 Å². The molecule has 0 rings (SSSR count). The van der Waals surface area contributed by atoms with Gasteiger partial charge in [-0.1, -0.05) is 6.92 Å². The minimum atomic E-state index is -0.387. The Morgan fingerprint density at radius 2 is 2.36 bits per heavy atom. The predicted octanol–water partition coefficient (Wildman–Crippen LogP) is -0.287. The number of carbonyl (C=O) groups excluding carboxylic acids is 2. The summed E-state index contributed by atoms with van der Waals surface area (Å²) >= 11 is 0. The molecule has 0 aliphatic rings. The first-order valence-electron chi connectivity index (χ1n) is 3.56. The van der Waals surface area contributed by atoms with Gasteiger partial charge in [-0.15, -0.1) is 0 Å². The van der Waals surface area contributed by atoms with Gasteiger partial charge in [-0.3, -0.25) is 9.59 Å². The maximum Gasteiger partial charge on any atom is 0.310 e. The first-order valence-corrected chi connectivity index (χ1v) is 3.56. The highest BCUT2D eigenvalue weighted by molar-refractivity contribution is 5.74. The molecule has 4 nitrogen and oxygen atoms in total. The third kappa shape index (κ3) is 3.72. The lowest BCUT2D eigenvalue weighted by Gasteiger charge is -2.09. The zero-order valence-electron chi connectivity index (χ0n) is 6.58. The van der Waals surface area contributed by atoms with Crippen LogP contribution in [0, 0.1) is 5.92 Å². The minimum absolute atomic E-state index is 0.171. The van der Waals surface area contributed by atoms with Gasteiger partial charge in [0.25, 0.3) is 0 Å². The number of nitrogens with two attached hydrogens (primary N) is 1. The summed E-state index contributed by atoms with van der Waals surface area (Å²) in [5.41, 5.74) is 5.27. The molecule has 1 atom stereocenters. The van der Waals surface area contributed by atoms with Gasteiger partial charge in [0.1, 0.15) is 6.61 Å². The van der Waals surface area contributed by atoms with E-state index in [1.165, 1.54) is 0 Å². The Bertz CT molecular complexity index is 132. The molecule has 2 N–H and O–H groups in total. The lowest BCUT2D eigenvalue weighted by atomic mass is 10.1. The van der Waals surface area contributed by atoms with Crippen LogP contribution in [0.3, 0.4) is 0 Å². The highest BCUT2D eigenvalue weighted by Crippen LogP contribution is 2.01. The summed E-state index contributed by atoms with van der Waals surface area (Å²) in [5.74, 6) is -0.656. The van der Waals surface area contributed by atoms with Crippen LogP contribution in [-0.4, -0.2) is 25.4 Å². The summed E-state index contributed by atoms with van der Waals surface area (Å²) in [7, 11) is 0. The number of esters is 1. The minimum Gasteiger partial charge on any atom is -0.458 e. The van der Waals surface area contributed by atoms with Crippen LogP contribution in [0.1, 0.15) is 13.3 Å². The van der Waals surface area contributed by atoms with Crippen LogP contribution >= 0.6 is 0 Å². The summed E-state index contributed by atoms with van der Waals surface area (Å²) < 4.78 is 4.55. The predicted molar refractivity (Wildman–Crippen MR) is 39.9 cm³/mol. The third-order valence-electron chi connectivity index (χ3n) is 1.40. The Balaban J connectivity index is 3.69. The molecule has 0 aromatic carbocycles. The van der Waals surface area contributed by atoms with Crippen molar-refractivity contribution in [1.82, 2.24) is 0 Å². The summed E-state index contributed by atoms with van der Waals surface area (Å²) in [5, 5.41) is 0. The van der Waals surface area contributed by atoms with E-state index in [2.05, 4.69) is 4.74 Å². The quantitative estimate of drug-likeness (QED) is 0.442. The van der Waals surface area contributed by atoms with Crippen molar-refractivity contribution in [3.63, 3.8) is 0 Å². The number of carbonyl (C=O) groups is 2. The second-order valence-corrected chi connectivity index (χ2v) is 2.14. The molecule has 64 valence electrons. The smallest absolute Gasteiger partial charge is 0.310 e. The fourth-order valence-corrected chi connectivity index (χ4v) is 0.664. The summed E-state index contributed by atoms with van der Waals surface area (Å²) in [6, 6.07) is 0. The molecule has 0 saturated carbocycles. The topological polar surface area (TPSA) is 69.4 Å². The van der Waals surface area contributed by atoms with Crippen molar-refractivity contribution >= 4 is 12.3 Å². The Morgan fingerprint density at radius 1 is 1.73 bits per heavy atom. The molecular formula is C7H13NO3. The van der Waals surface area contributed by atoms with Crippen molar-refractivity contribution in [3.05, 3.63) is 0 Å². The molecule has 0 aliphatic carbocycles. The molecule has 11 heavy (non-hydrogen) atoms. The maximum atomic E-state index is 10.9. The fraction of sp³-hybridized carbons (Fsp3) is 0.714. The zero-order valence-corrected chi connectivity index (χ0v) is 6.58. The Hall–Kier alpha value is -0.900. The van der Waals surface area contributed by atoms with Gasteiger partial charge in [-0.2, -0.15) is 0 Å². The van der Waals surface area contributed by atoms with E-state index in [4.69, 9.17) is 5.73 Å². The largest absolute Gasteiger partial charge is 0.458 e. The van der Waals surface area contributed by atoms with Crippen molar-refractivity contribution in [2.75, 3.05) is 13.2 Å². The average Bonchev–Trinajstić information content (AvgIpc) is 2.03. The van der Waals surface area contributed by atoms with E-state index in [1.54, 1.807) is 0 Å². The molecule has 0 radical (unpaired) electrons. The van der Waals surface area contributed by atoms with E-state index in [0.717, 1.165) is 0 Å². The Morgan fingerprint density at radius 3 is 2.73 bits per heavy atom. The second-order valence-electron chi connectivity index (χ2n) is 2.14. The van der Waals surface area contributed by atoms with Crippen LogP contribution in [-0.2, 0) is 14.3 Å². The molecule has 1 unspecified atom stereocenters. The molecule has 0 aromatic heterocycles. The second kappa shape index (κ2) is 5.85. The van der Waals surface area contributed by atoms with E-state index < -0.39 is 0 Å². The van der Waals surface area contributed by atoms with Gasteiger partial charge in [0.15, 0.2) is 6.29 Å². The molecular weight excluding hydrogens is 146 g/mol. The van der Waals surface area contributed by atoms with Gasteiger partial charge in [-0.25, -0.2) is 0 Å². The normalized spacial score (nSPS) is 12.2.